The summed E-state index contributed by atoms with van der Waals surface area (Å²) in [5.74, 6) is 0.471. The van der Waals surface area contributed by atoms with Crippen molar-refractivity contribution < 1.29 is 35.2 Å². The average Bonchev–Trinajstić information content (AvgIpc) is 3.89. The number of rotatable bonds is 13. The second kappa shape index (κ2) is 14.6. The van der Waals surface area contributed by atoms with E-state index in [9.17, 15) is 25.9 Å². The summed E-state index contributed by atoms with van der Waals surface area (Å²) in [5, 5.41) is 4.11. The van der Waals surface area contributed by atoms with Gasteiger partial charge >= 0.3 is 0 Å². The number of thiazole rings is 1. The molecule has 0 spiro atoms. The van der Waals surface area contributed by atoms with E-state index in [4.69, 9.17) is 4.74 Å². The van der Waals surface area contributed by atoms with Crippen molar-refractivity contribution in [1.29, 1.82) is 0 Å². The number of benzene rings is 3. The summed E-state index contributed by atoms with van der Waals surface area (Å²) < 4.78 is 76.1. The first-order valence-electron chi connectivity index (χ1n) is 16.4. The van der Waals surface area contributed by atoms with E-state index in [1.54, 1.807) is 34.0 Å². The molecule has 7 rings (SSSR count). The highest BCUT2D eigenvalue weighted by Crippen LogP contribution is 2.44. The van der Waals surface area contributed by atoms with E-state index >= 15 is 0 Å². The third-order valence-corrected chi connectivity index (χ3v) is 13.4. The quantitative estimate of drug-likeness (QED) is 0.0880. The minimum atomic E-state index is -4.15. The van der Waals surface area contributed by atoms with Crippen LogP contribution in [0.3, 0.4) is 0 Å². The van der Waals surface area contributed by atoms with Gasteiger partial charge in [0, 0.05) is 45.6 Å². The molecular formula is C37H35N2O7S5+. The second-order valence-electron chi connectivity index (χ2n) is 12.2. The molecule has 264 valence electrons. The first-order valence-corrected chi connectivity index (χ1v) is 22.1. The Kier molecular flexibility index (Phi) is 10.2. The van der Waals surface area contributed by atoms with Crippen LogP contribution in [-0.4, -0.2) is 44.0 Å². The van der Waals surface area contributed by atoms with Crippen molar-refractivity contribution in [2.45, 2.75) is 32.7 Å². The molecule has 0 saturated carbocycles. The van der Waals surface area contributed by atoms with Crippen LogP contribution in [0.25, 0.3) is 47.3 Å². The molecule has 0 atom stereocenters. The topological polar surface area (TPSA) is 125 Å². The summed E-state index contributed by atoms with van der Waals surface area (Å²) in [6, 6.07) is 26.8. The van der Waals surface area contributed by atoms with Gasteiger partial charge in [-0.25, -0.2) is 0 Å². The lowest BCUT2D eigenvalue weighted by Gasteiger charge is -2.19. The van der Waals surface area contributed by atoms with Gasteiger partial charge in [-0.15, -0.1) is 22.7 Å². The molecular weight excluding hydrogens is 745 g/mol. The van der Waals surface area contributed by atoms with E-state index in [1.165, 1.54) is 4.70 Å². The number of fused-ring (bicyclic) bond motifs is 3. The molecule has 3 aromatic carbocycles. The molecule has 0 aliphatic carbocycles. The lowest BCUT2D eigenvalue weighted by Crippen LogP contribution is -2.36. The lowest BCUT2D eigenvalue weighted by molar-refractivity contribution is -0.668. The fraction of sp³-hybridized carbons (Fsp3) is 0.216. The fourth-order valence-corrected chi connectivity index (χ4v) is 10.0. The van der Waals surface area contributed by atoms with Gasteiger partial charge in [-0.05, 0) is 82.8 Å². The molecule has 9 nitrogen and oxygen atoms in total. The number of thiophene rings is 2. The van der Waals surface area contributed by atoms with Gasteiger partial charge in [0.2, 0.25) is 11.4 Å². The van der Waals surface area contributed by atoms with Gasteiger partial charge in [0.15, 0.2) is 12.3 Å². The summed E-state index contributed by atoms with van der Waals surface area (Å²) in [7, 11) is -8.26. The maximum absolute atomic E-state index is 11.6. The number of nitrogens with zero attached hydrogens (tertiary/aromatic N) is 2. The van der Waals surface area contributed by atoms with Crippen molar-refractivity contribution in [3.63, 3.8) is 0 Å². The van der Waals surface area contributed by atoms with E-state index in [0.29, 0.717) is 31.1 Å². The Balaban J connectivity index is 1.26. The maximum atomic E-state index is 11.6. The third kappa shape index (κ3) is 8.28. The molecule has 1 aliphatic rings. The molecule has 51 heavy (non-hydrogen) atoms. The van der Waals surface area contributed by atoms with Gasteiger partial charge in [-0.1, -0.05) is 48.6 Å². The van der Waals surface area contributed by atoms with Gasteiger partial charge in [0.1, 0.15) is 4.70 Å². The fourth-order valence-electron chi connectivity index (χ4n) is 6.12. The van der Waals surface area contributed by atoms with Crippen molar-refractivity contribution in [1.82, 2.24) is 0 Å². The van der Waals surface area contributed by atoms with Gasteiger partial charge < -0.3 is 9.64 Å². The van der Waals surface area contributed by atoms with Gasteiger partial charge in [0.05, 0.1) is 17.2 Å². The van der Waals surface area contributed by atoms with Gasteiger partial charge in [-0.2, -0.15) is 21.4 Å². The van der Waals surface area contributed by atoms with Crippen molar-refractivity contribution in [3.05, 3.63) is 107 Å². The molecule has 0 fully saturated rings. The Bertz CT molecular complexity index is 2480. The highest BCUT2D eigenvalue weighted by atomic mass is 32.2. The Labute approximate surface area is 308 Å². The van der Waals surface area contributed by atoms with Crippen molar-refractivity contribution >= 4 is 86.3 Å². The van der Waals surface area contributed by atoms with Crippen LogP contribution in [0.5, 0.6) is 5.75 Å². The zero-order valence-electron chi connectivity index (χ0n) is 27.6. The summed E-state index contributed by atoms with van der Waals surface area (Å²) in [5.41, 5.74) is 4.81. The summed E-state index contributed by atoms with van der Waals surface area (Å²) >= 11 is 4.95. The van der Waals surface area contributed by atoms with E-state index in [2.05, 4.69) is 59.2 Å². The Hall–Kier alpha value is -3.89. The van der Waals surface area contributed by atoms with Crippen LogP contribution < -0.4 is 14.2 Å². The highest BCUT2D eigenvalue weighted by Gasteiger charge is 2.28. The van der Waals surface area contributed by atoms with Crippen molar-refractivity contribution in [2.24, 2.45) is 0 Å². The number of aromatic nitrogens is 1. The largest absolute Gasteiger partial charge is 0.439 e. The number of anilines is 1. The first-order chi connectivity index (χ1) is 24.4. The second-order valence-corrected chi connectivity index (χ2v) is 18.4. The average molecular weight is 780 g/mol. The van der Waals surface area contributed by atoms with Crippen LogP contribution in [0.15, 0.2) is 102 Å². The monoisotopic (exact) mass is 779 g/mol. The predicted molar refractivity (Wildman–Crippen MR) is 209 cm³/mol. The van der Waals surface area contributed by atoms with Gasteiger partial charge in [-0.3, -0.25) is 9.11 Å². The molecule has 0 amide bonds. The molecule has 4 heterocycles. The number of hydrogen-bond acceptors (Lipinski definition) is 9. The zero-order chi connectivity index (χ0) is 35.8. The molecule has 6 aromatic rings. The summed E-state index contributed by atoms with van der Waals surface area (Å²) in [6.07, 6.45) is 5.10. The number of hydrogen-bond donors (Lipinski definition) is 2. The number of aryl methyl sites for hydroxylation is 1. The third-order valence-electron chi connectivity index (χ3n) is 8.57. The van der Waals surface area contributed by atoms with Crippen LogP contribution in [0, 0.1) is 0 Å². The van der Waals surface area contributed by atoms with Crippen LogP contribution >= 0.6 is 34.0 Å². The molecule has 0 radical (unpaired) electrons. The normalized spacial score (nSPS) is 14.5. The van der Waals surface area contributed by atoms with E-state index < -0.39 is 20.2 Å². The minimum absolute atomic E-state index is 0.188. The molecule has 0 bridgehead atoms. The molecule has 3 aromatic heterocycles. The molecule has 0 unspecified atom stereocenters. The highest BCUT2D eigenvalue weighted by molar-refractivity contribution is 7.86. The molecule has 14 heteroatoms. The van der Waals surface area contributed by atoms with E-state index in [0.717, 1.165) is 52.8 Å². The number of allylic oxidation sites excluding steroid dienone is 2. The molecule has 0 saturated heterocycles. The Morgan fingerprint density at radius 3 is 2.35 bits per heavy atom. The number of ether oxygens (including phenoxy) is 1. The van der Waals surface area contributed by atoms with Crippen LogP contribution in [-0.2, 0) is 26.8 Å². The molecule has 1 aliphatic heterocycles. The Morgan fingerprint density at radius 2 is 1.61 bits per heavy atom. The maximum Gasteiger partial charge on any atom is 0.265 e. The van der Waals surface area contributed by atoms with Crippen LogP contribution in [0.4, 0.5) is 5.69 Å². The van der Waals surface area contributed by atoms with Crippen molar-refractivity contribution in [3.8, 4) is 26.6 Å². The van der Waals surface area contributed by atoms with Crippen LogP contribution in [0.2, 0.25) is 0 Å². The summed E-state index contributed by atoms with van der Waals surface area (Å²) in [4.78, 5) is 4.19. The minimum Gasteiger partial charge on any atom is -0.439 e. The Morgan fingerprint density at radius 1 is 0.843 bits per heavy atom. The summed E-state index contributed by atoms with van der Waals surface area (Å²) in [6.45, 7) is 2.73. The smallest absolute Gasteiger partial charge is 0.265 e. The standard InChI is InChI=1S/C37H34N2O7S5/c1-2-25(21-37-39(16-7-19-51(43,44)45)30-23-27(12-14-34(30)49-37)32-10-5-17-47-32)20-36-38(15-6-18-50(40,41)42)29-22-28(11-13-31(29)46-36)35-24-26-8-3-4-9-33(26)48-35/h3-5,8-14,17,20-24H,2,6-7,15-16,18-19H2,1H3,(H-,40,41,42,43,44,45)/p+1. The predicted octanol–water partition coefficient (Wildman–Crippen LogP) is 8.89. The van der Waals surface area contributed by atoms with Gasteiger partial charge in [0.25, 0.3) is 25.2 Å². The first kappa shape index (κ1) is 35.5. The lowest BCUT2D eigenvalue weighted by atomic mass is 10.1. The van der Waals surface area contributed by atoms with Crippen LogP contribution in [0.1, 0.15) is 31.2 Å². The molecule has 2 N–H and O–H groups in total. The van der Waals surface area contributed by atoms with E-state index in [-0.39, 0.29) is 24.3 Å². The SMILES string of the molecule is CCC(/C=C1\Oc2ccc(-c3cc4ccccc4s3)cc2N1CCCS(=O)(=O)O)=C\c1sc2ccc(-c3cccs3)cc2[n+]1CCCS(=O)(=O)O. The van der Waals surface area contributed by atoms with Crippen molar-refractivity contribution in [2.75, 3.05) is 23.0 Å². The van der Waals surface area contributed by atoms with E-state index in [1.807, 2.05) is 53.6 Å². The zero-order valence-corrected chi connectivity index (χ0v) is 31.6.